The number of nitrogens with zero attached hydrogens (tertiary/aromatic N) is 1. The van der Waals surface area contributed by atoms with Gasteiger partial charge in [0.2, 0.25) is 0 Å². The number of hydrogen-bond donors (Lipinski definition) is 1. The van der Waals surface area contributed by atoms with E-state index in [1.807, 2.05) is 18.2 Å². The monoisotopic (exact) mass is 234 g/mol. The molecule has 0 heterocycles. The van der Waals surface area contributed by atoms with Crippen LogP contribution in [0.3, 0.4) is 0 Å². The van der Waals surface area contributed by atoms with E-state index in [1.54, 1.807) is 7.11 Å². The Morgan fingerprint density at radius 3 is 2.88 bits per heavy atom. The fourth-order valence-electron chi connectivity index (χ4n) is 2.16. The van der Waals surface area contributed by atoms with E-state index < -0.39 is 0 Å². The van der Waals surface area contributed by atoms with Gasteiger partial charge in [0.05, 0.1) is 7.11 Å². The van der Waals surface area contributed by atoms with Crippen molar-refractivity contribution in [3.8, 4) is 5.75 Å². The number of hydrogen-bond acceptors (Lipinski definition) is 3. The molecule has 0 spiro atoms. The average Bonchev–Trinajstić information content (AvgIpc) is 3.12. The molecule has 2 N–H and O–H groups in total. The lowest BCUT2D eigenvalue weighted by atomic mass is 10.1. The standard InChI is InChI=1S/C14H22N2O/c1-16(10-12(15)8-11-6-7-11)13-4-3-5-14(9-13)17-2/h3-5,9,11-12H,6-8,10,15H2,1-2H3. The van der Waals surface area contributed by atoms with Crippen LogP contribution in [-0.2, 0) is 0 Å². The second kappa shape index (κ2) is 5.41. The van der Waals surface area contributed by atoms with E-state index in [1.165, 1.54) is 12.8 Å². The third kappa shape index (κ3) is 3.63. The molecule has 0 amide bonds. The summed E-state index contributed by atoms with van der Waals surface area (Å²) in [6.07, 6.45) is 3.90. The van der Waals surface area contributed by atoms with Crippen LogP contribution in [0.1, 0.15) is 19.3 Å². The van der Waals surface area contributed by atoms with Crippen molar-refractivity contribution < 1.29 is 4.74 Å². The highest BCUT2D eigenvalue weighted by Crippen LogP contribution is 2.33. The zero-order valence-corrected chi connectivity index (χ0v) is 10.7. The Balaban J connectivity index is 1.90. The second-order valence-electron chi connectivity index (χ2n) is 5.02. The topological polar surface area (TPSA) is 38.5 Å². The number of benzene rings is 1. The second-order valence-corrected chi connectivity index (χ2v) is 5.02. The maximum absolute atomic E-state index is 6.15. The maximum atomic E-state index is 6.15. The smallest absolute Gasteiger partial charge is 0.120 e. The van der Waals surface area contributed by atoms with Gasteiger partial charge in [-0.25, -0.2) is 0 Å². The summed E-state index contributed by atoms with van der Waals surface area (Å²) < 4.78 is 5.23. The van der Waals surface area contributed by atoms with Gasteiger partial charge in [0.25, 0.3) is 0 Å². The SMILES string of the molecule is COc1cccc(N(C)CC(N)CC2CC2)c1. The average molecular weight is 234 g/mol. The molecule has 0 aromatic heterocycles. The van der Waals surface area contributed by atoms with Gasteiger partial charge in [0, 0.05) is 31.4 Å². The van der Waals surface area contributed by atoms with E-state index in [-0.39, 0.29) is 6.04 Å². The molecule has 1 aliphatic rings. The Kier molecular flexibility index (Phi) is 3.89. The molecule has 1 aromatic carbocycles. The number of ether oxygens (including phenoxy) is 1. The first-order valence-corrected chi connectivity index (χ1v) is 6.30. The van der Waals surface area contributed by atoms with Crippen LogP contribution in [0.4, 0.5) is 5.69 Å². The van der Waals surface area contributed by atoms with E-state index in [4.69, 9.17) is 10.5 Å². The molecule has 0 saturated heterocycles. The zero-order chi connectivity index (χ0) is 12.3. The third-order valence-corrected chi connectivity index (χ3v) is 3.34. The van der Waals surface area contributed by atoms with Gasteiger partial charge in [-0.1, -0.05) is 18.9 Å². The number of likely N-dealkylation sites (N-methyl/N-ethyl adjacent to an activating group) is 1. The number of nitrogens with two attached hydrogens (primary N) is 1. The molecule has 1 aliphatic carbocycles. The molecule has 0 radical (unpaired) electrons. The van der Waals surface area contributed by atoms with Crippen molar-refractivity contribution in [2.24, 2.45) is 11.7 Å². The van der Waals surface area contributed by atoms with Gasteiger partial charge in [-0.15, -0.1) is 0 Å². The summed E-state index contributed by atoms with van der Waals surface area (Å²) in [5.41, 5.74) is 7.31. The summed E-state index contributed by atoms with van der Waals surface area (Å²) in [4.78, 5) is 2.20. The van der Waals surface area contributed by atoms with E-state index in [0.717, 1.165) is 30.3 Å². The first-order valence-electron chi connectivity index (χ1n) is 6.30. The Hall–Kier alpha value is -1.22. The number of anilines is 1. The minimum absolute atomic E-state index is 0.277. The Morgan fingerprint density at radius 2 is 2.24 bits per heavy atom. The predicted molar refractivity (Wildman–Crippen MR) is 71.6 cm³/mol. The van der Waals surface area contributed by atoms with Gasteiger partial charge in [-0.05, 0) is 24.5 Å². The van der Waals surface area contributed by atoms with Crippen molar-refractivity contribution in [3.05, 3.63) is 24.3 Å². The van der Waals surface area contributed by atoms with Gasteiger partial charge in [-0.3, -0.25) is 0 Å². The van der Waals surface area contributed by atoms with Crippen molar-refractivity contribution in [1.82, 2.24) is 0 Å². The van der Waals surface area contributed by atoms with Crippen LogP contribution in [0, 0.1) is 5.92 Å². The Labute approximate surface area is 104 Å². The lowest BCUT2D eigenvalue weighted by Gasteiger charge is -2.23. The number of methoxy groups -OCH3 is 1. The minimum Gasteiger partial charge on any atom is -0.497 e. The molecule has 1 aromatic rings. The quantitative estimate of drug-likeness (QED) is 0.820. The van der Waals surface area contributed by atoms with Gasteiger partial charge in [0.1, 0.15) is 5.75 Å². The van der Waals surface area contributed by atoms with Crippen LogP contribution in [0.2, 0.25) is 0 Å². The van der Waals surface area contributed by atoms with E-state index in [0.29, 0.717) is 0 Å². The maximum Gasteiger partial charge on any atom is 0.120 e. The van der Waals surface area contributed by atoms with Gasteiger partial charge < -0.3 is 15.4 Å². The molecule has 3 nitrogen and oxygen atoms in total. The van der Waals surface area contributed by atoms with Crippen molar-refractivity contribution in [1.29, 1.82) is 0 Å². The summed E-state index contributed by atoms with van der Waals surface area (Å²) in [5, 5.41) is 0. The fraction of sp³-hybridized carbons (Fsp3) is 0.571. The van der Waals surface area contributed by atoms with Crippen molar-refractivity contribution in [2.75, 3.05) is 25.6 Å². The Morgan fingerprint density at radius 1 is 1.47 bits per heavy atom. The van der Waals surface area contributed by atoms with Crippen LogP contribution in [-0.4, -0.2) is 26.7 Å². The molecule has 2 rings (SSSR count). The normalized spacial score (nSPS) is 16.6. The lowest BCUT2D eigenvalue weighted by molar-refractivity contribution is 0.414. The summed E-state index contributed by atoms with van der Waals surface area (Å²) in [7, 11) is 3.78. The van der Waals surface area contributed by atoms with Crippen LogP contribution < -0.4 is 15.4 Å². The molecule has 17 heavy (non-hydrogen) atoms. The minimum atomic E-state index is 0.277. The van der Waals surface area contributed by atoms with Crippen LogP contribution in [0.25, 0.3) is 0 Å². The van der Waals surface area contributed by atoms with Gasteiger partial charge >= 0.3 is 0 Å². The first-order chi connectivity index (χ1) is 8.19. The number of rotatable bonds is 6. The summed E-state index contributed by atoms with van der Waals surface area (Å²) in [5.74, 6) is 1.79. The summed E-state index contributed by atoms with van der Waals surface area (Å²) >= 11 is 0. The molecular formula is C14H22N2O. The molecule has 1 atom stereocenters. The zero-order valence-electron chi connectivity index (χ0n) is 10.7. The van der Waals surface area contributed by atoms with E-state index in [2.05, 4.69) is 18.0 Å². The molecule has 1 saturated carbocycles. The molecule has 0 bridgehead atoms. The highest BCUT2D eigenvalue weighted by Gasteiger charge is 2.24. The van der Waals surface area contributed by atoms with E-state index in [9.17, 15) is 0 Å². The van der Waals surface area contributed by atoms with Gasteiger partial charge in [-0.2, -0.15) is 0 Å². The molecular weight excluding hydrogens is 212 g/mol. The predicted octanol–water partition coefficient (Wildman–Crippen LogP) is 2.26. The third-order valence-electron chi connectivity index (χ3n) is 3.34. The van der Waals surface area contributed by atoms with Crippen LogP contribution in [0.15, 0.2) is 24.3 Å². The molecule has 0 aliphatic heterocycles. The van der Waals surface area contributed by atoms with Crippen LogP contribution in [0.5, 0.6) is 5.75 Å². The van der Waals surface area contributed by atoms with Gasteiger partial charge in [0.15, 0.2) is 0 Å². The fourth-order valence-corrected chi connectivity index (χ4v) is 2.16. The Bertz CT molecular complexity index is 363. The van der Waals surface area contributed by atoms with Crippen molar-refractivity contribution >= 4 is 5.69 Å². The van der Waals surface area contributed by atoms with Crippen molar-refractivity contribution in [3.63, 3.8) is 0 Å². The molecule has 3 heteroatoms. The van der Waals surface area contributed by atoms with Crippen LogP contribution >= 0.6 is 0 Å². The van der Waals surface area contributed by atoms with Crippen molar-refractivity contribution in [2.45, 2.75) is 25.3 Å². The first kappa shape index (κ1) is 12.2. The molecule has 1 fully saturated rings. The summed E-state index contributed by atoms with van der Waals surface area (Å²) in [6.45, 7) is 0.906. The highest BCUT2D eigenvalue weighted by molar-refractivity contribution is 5.50. The molecule has 94 valence electrons. The van der Waals surface area contributed by atoms with E-state index >= 15 is 0 Å². The highest BCUT2D eigenvalue weighted by atomic mass is 16.5. The summed E-state index contributed by atoms with van der Waals surface area (Å²) in [6, 6.07) is 8.38. The largest absolute Gasteiger partial charge is 0.497 e. The molecule has 1 unspecified atom stereocenters. The lowest BCUT2D eigenvalue weighted by Crippen LogP contribution is -2.35.